The lowest BCUT2D eigenvalue weighted by atomic mass is 10.1. The zero-order valence-corrected chi connectivity index (χ0v) is 23.5. The van der Waals surface area contributed by atoms with Crippen molar-refractivity contribution in [2.24, 2.45) is 0 Å². The van der Waals surface area contributed by atoms with Gasteiger partial charge in [0.1, 0.15) is 5.76 Å². The van der Waals surface area contributed by atoms with Crippen LogP contribution in [0.3, 0.4) is 0 Å². The molecule has 2 aromatic heterocycles. The Labute approximate surface area is 229 Å². The van der Waals surface area contributed by atoms with E-state index in [0.717, 1.165) is 17.0 Å². The maximum absolute atomic E-state index is 13.6. The van der Waals surface area contributed by atoms with E-state index in [-0.39, 0.29) is 53.9 Å². The summed E-state index contributed by atoms with van der Waals surface area (Å²) in [5.41, 5.74) is 0.724. The molecule has 1 aromatic carbocycles. The zero-order valence-electron chi connectivity index (χ0n) is 21.1. The summed E-state index contributed by atoms with van der Waals surface area (Å²) in [4.78, 5) is 33.4. The summed E-state index contributed by atoms with van der Waals surface area (Å²) in [7, 11) is -0.931. The fraction of sp³-hybridized carbons (Fsp3) is 0.458. The number of thiophene rings is 1. The molecule has 3 aromatic rings. The monoisotopic (exact) mass is 581 g/mol. The lowest BCUT2D eigenvalue weighted by Gasteiger charge is -2.40. The highest BCUT2D eigenvalue weighted by Gasteiger charge is 2.41. The molecule has 1 saturated heterocycles. The Morgan fingerprint density at radius 2 is 2.08 bits per heavy atom. The van der Waals surface area contributed by atoms with Gasteiger partial charge in [-0.15, -0.1) is 11.3 Å². The van der Waals surface area contributed by atoms with Crippen molar-refractivity contribution in [1.82, 2.24) is 24.4 Å². The van der Waals surface area contributed by atoms with Crippen LogP contribution in [0.4, 0.5) is 0 Å². The molecular formula is C24H28ClN5O6S2. The van der Waals surface area contributed by atoms with Crippen LogP contribution in [0.1, 0.15) is 35.5 Å². The smallest absolute Gasteiger partial charge is 0.310 e. The van der Waals surface area contributed by atoms with Gasteiger partial charge >= 0.3 is 5.91 Å². The molecule has 14 heteroatoms. The maximum Gasteiger partial charge on any atom is 0.310 e. The zero-order chi connectivity index (χ0) is 27.4. The van der Waals surface area contributed by atoms with Gasteiger partial charge in [0.15, 0.2) is 9.96 Å². The first-order valence-corrected chi connectivity index (χ1v) is 14.7. The fourth-order valence-corrected chi connectivity index (χ4v) is 8.11. The van der Waals surface area contributed by atoms with E-state index in [1.807, 2.05) is 6.92 Å². The largest absolute Gasteiger partial charge is 0.505 e. The summed E-state index contributed by atoms with van der Waals surface area (Å²) in [5.74, 6) is -0.539. The Balaban J connectivity index is 1.44. The number of aromatic nitrogens is 1. The molecule has 5 rings (SSSR count). The molecule has 0 bridgehead atoms. The Morgan fingerprint density at radius 1 is 1.32 bits per heavy atom. The summed E-state index contributed by atoms with van der Waals surface area (Å²) in [5, 5.41) is 14.8. The number of fused-ring (bicyclic) bond motifs is 2. The molecule has 2 aliphatic heterocycles. The predicted octanol–water partition coefficient (Wildman–Crippen LogP) is 2.28. The molecule has 204 valence electrons. The van der Waals surface area contributed by atoms with Crippen molar-refractivity contribution in [3.8, 4) is 5.75 Å². The molecule has 2 N–H and O–H groups in total. The van der Waals surface area contributed by atoms with Gasteiger partial charge in [-0.25, -0.2) is 13.4 Å². The normalized spacial score (nSPS) is 20.5. The van der Waals surface area contributed by atoms with Crippen LogP contribution in [0.2, 0.25) is 5.02 Å². The predicted molar refractivity (Wildman–Crippen MR) is 142 cm³/mol. The molecule has 0 saturated carbocycles. The van der Waals surface area contributed by atoms with Gasteiger partial charge in [-0.1, -0.05) is 11.6 Å². The van der Waals surface area contributed by atoms with E-state index in [1.165, 1.54) is 14.1 Å². The second-order valence-electron chi connectivity index (χ2n) is 9.76. The third-order valence-electron chi connectivity index (χ3n) is 6.86. The number of carbonyl (C=O) groups is 2. The lowest BCUT2D eigenvalue weighted by Crippen LogP contribution is -2.57. The van der Waals surface area contributed by atoms with Crippen LogP contribution in [-0.4, -0.2) is 90.2 Å². The van der Waals surface area contributed by atoms with Crippen LogP contribution in [0.25, 0.3) is 10.1 Å². The number of hydrogen-bond donors (Lipinski definition) is 2. The highest BCUT2D eigenvalue weighted by Crippen LogP contribution is 2.42. The number of nitrogens with zero attached hydrogens (tertiary/aromatic N) is 4. The Hall–Kier alpha value is -2.71. The van der Waals surface area contributed by atoms with Gasteiger partial charge in [-0.2, -0.15) is 4.31 Å². The molecule has 1 fully saturated rings. The van der Waals surface area contributed by atoms with E-state index in [9.17, 15) is 23.1 Å². The number of sulfonamides is 1. The minimum absolute atomic E-state index is 0.0197. The van der Waals surface area contributed by atoms with E-state index in [1.54, 1.807) is 32.3 Å². The number of halogens is 1. The standard InChI is InChI=1S/C24H28ClN5O6S2/c1-13-8-17-18(11-26-13)36-22(27-17)23(33)30-7-6-29(12-15(30)10-20(31)28(2)3)38(34,35)24-21(32)16-5-4-14(25)9-19(16)37-24/h4-5,9,13,15,26,32H,6-8,10-12H2,1-3H3. The lowest BCUT2D eigenvalue weighted by molar-refractivity contribution is -0.130. The minimum atomic E-state index is -4.13. The molecule has 4 heterocycles. The number of carbonyl (C=O) groups excluding carboxylic acids is 2. The third kappa shape index (κ3) is 4.89. The van der Waals surface area contributed by atoms with Gasteiger partial charge in [0.25, 0.3) is 15.9 Å². The Kier molecular flexibility index (Phi) is 7.16. The highest BCUT2D eigenvalue weighted by atomic mass is 35.5. The fourth-order valence-electron chi connectivity index (χ4n) is 4.72. The molecule has 2 atom stereocenters. The number of amides is 2. The van der Waals surface area contributed by atoms with Crippen LogP contribution >= 0.6 is 22.9 Å². The van der Waals surface area contributed by atoms with Crippen LogP contribution < -0.4 is 5.32 Å². The van der Waals surface area contributed by atoms with Gasteiger partial charge in [0.2, 0.25) is 5.91 Å². The number of benzene rings is 1. The average Bonchev–Trinajstić information content (AvgIpc) is 3.44. The molecule has 0 radical (unpaired) electrons. The maximum atomic E-state index is 13.6. The van der Waals surface area contributed by atoms with E-state index in [4.69, 9.17) is 16.0 Å². The van der Waals surface area contributed by atoms with E-state index < -0.39 is 22.0 Å². The molecule has 0 aliphatic carbocycles. The molecule has 2 aliphatic rings. The van der Waals surface area contributed by atoms with Crippen molar-refractivity contribution in [2.75, 3.05) is 33.7 Å². The molecule has 0 spiro atoms. The molecule has 2 unspecified atom stereocenters. The van der Waals surface area contributed by atoms with Crippen molar-refractivity contribution >= 4 is 54.9 Å². The number of oxazole rings is 1. The molecular weight excluding hydrogens is 554 g/mol. The summed E-state index contributed by atoms with van der Waals surface area (Å²) >= 11 is 6.98. The SMILES string of the molecule is CC1Cc2nc(C(=O)N3CCN(S(=O)(=O)c4sc5cc(Cl)ccc5c4O)CC3CC(=O)N(C)C)oc2CN1. The van der Waals surface area contributed by atoms with E-state index >= 15 is 0 Å². The number of aromatic hydroxyl groups is 1. The minimum Gasteiger partial charge on any atom is -0.505 e. The van der Waals surface area contributed by atoms with Gasteiger partial charge in [0.05, 0.1) is 18.3 Å². The van der Waals surface area contributed by atoms with E-state index in [0.29, 0.717) is 33.8 Å². The summed E-state index contributed by atoms with van der Waals surface area (Å²) < 4.78 is 34.6. The van der Waals surface area contributed by atoms with Crippen molar-refractivity contribution in [2.45, 2.75) is 42.6 Å². The average molecular weight is 582 g/mol. The van der Waals surface area contributed by atoms with Crippen LogP contribution in [0.5, 0.6) is 5.75 Å². The Morgan fingerprint density at radius 3 is 2.82 bits per heavy atom. The van der Waals surface area contributed by atoms with Gasteiger partial charge in [-0.05, 0) is 25.1 Å². The quantitative estimate of drug-likeness (QED) is 0.468. The van der Waals surface area contributed by atoms with Crippen molar-refractivity contribution in [1.29, 1.82) is 0 Å². The number of rotatable bonds is 5. The van der Waals surface area contributed by atoms with Crippen LogP contribution in [0.15, 0.2) is 26.8 Å². The van der Waals surface area contributed by atoms with Gasteiger partial charge in [0, 0.05) is 67.7 Å². The second-order valence-corrected chi connectivity index (χ2v) is 13.4. The van der Waals surface area contributed by atoms with Crippen LogP contribution in [0, 0.1) is 0 Å². The number of nitrogens with one attached hydrogen (secondary N) is 1. The second kappa shape index (κ2) is 10.1. The molecule has 11 nitrogen and oxygen atoms in total. The highest BCUT2D eigenvalue weighted by molar-refractivity contribution is 7.91. The molecule has 38 heavy (non-hydrogen) atoms. The topological polar surface area (TPSA) is 136 Å². The first-order chi connectivity index (χ1) is 18.0. The van der Waals surface area contributed by atoms with Gasteiger partial charge < -0.3 is 24.6 Å². The van der Waals surface area contributed by atoms with E-state index in [2.05, 4.69) is 10.3 Å². The number of hydrogen-bond acceptors (Lipinski definition) is 9. The first kappa shape index (κ1) is 26.9. The molecule has 2 amide bonds. The van der Waals surface area contributed by atoms with Gasteiger partial charge in [-0.3, -0.25) is 9.59 Å². The summed E-state index contributed by atoms with van der Waals surface area (Å²) in [6, 6.07) is 4.20. The van der Waals surface area contributed by atoms with Crippen molar-refractivity contribution in [3.63, 3.8) is 0 Å². The summed E-state index contributed by atoms with van der Waals surface area (Å²) in [6.07, 6.45) is 0.544. The number of piperazine rings is 1. The Bertz CT molecular complexity index is 1520. The van der Waals surface area contributed by atoms with Crippen LogP contribution in [-0.2, 0) is 27.8 Å². The first-order valence-electron chi connectivity index (χ1n) is 12.1. The van der Waals surface area contributed by atoms with Crippen molar-refractivity contribution < 1.29 is 27.5 Å². The van der Waals surface area contributed by atoms with Crippen molar-refractivity contribution in [3.05, 3.63) is 40.6 Å². The summed E-state index contributed by atoms with van der Waals surface area (Å²) in [6.45, 7) is 2.37. The third-order valence-corrected chi connectivity index (χ3v) is 10.6.